The Balaban J connectivity index is 4.34. The standard InChI is InChI=1S/C7H16N4O2/c1-5(8)10(3)7(13)11(4)6(12)9-2/h5H,8H2,1-4H3,(H,9,12). The lowest BCUT2D eigenvalue weighted by Crippen LogP contribution is -2.50. The second-order valence-corrected chi connectivity index (χ2v) is 2.75. The van der Waals surface area contributed by atoms with Crippen LogP contribution in [0.1, 0.15) is 6.92 Å². The molecule has 0 aromatic heterocycles. The third-order valence-corrected chi connectivity index (χ3v) is 1.72. The number of urea groups is 2. The second kappa shape index (κ2) is 4.66. The smallest absolute Gasteiger partial charge is 0.328 e. The predicted molar refractivity (Wildman–Crippen MR) is 49.0 cm³/mol. The van der Waals surface area contributed by atoms with E-state index in [4.69, 9.17) is 5.73 Å². The van der Waals surface area contributed by atoms with Gasteiger partial charge in [-0.1, -0.05) is 0 Å². The maximum absolute atomic E-state index is 11.4. The van der Waals surface area contributed by atoms with Crippen LogP contribution in [0.4, 0.5) is 9.59 Å². The Kier molecular flexibility index (Phi) is 4.19. The van der Waals surface area contributed by atoms with Crippen molar-refractivity contribution in [2.75, 3.05) is 21.1 Å². The number of imide groups is 1. The first-order valence-electron chi connectivity index (χ1n) is 3.89. The Bertz CT molecular complexity index is 205. The van der Waals surface area contributed by atoms with Gasteiger partial charge < -0.3 is 16.0 Å². The Hall–Kier alpha value is -1.30. The van der Waals surface area contributed by atoms with Crippen LogP contribution in [0.5, 0.6) is 0 Å². The average molecular weight is 188 g/mol. The van der Waals surface area contributed by atoms with E-state index in [-0.39, 0.29) is 0 Å². The summed E-state index contributed by atoms with van der Waals surface area (Å²) < 4.78 is 0. The molecule has 0 aromatic carbocycles. The third-order valence-electron chi connectivity index (χ3n) is 1.72. The summed E-state index contributed by atoms with van der Waals surface area (Å²) in [5.74, 6) is 0. The minimum absolute atomic E-state index is 0.417. The molecule has 0 aliphatic heterocycles. The fraction of sp³-hybridized carbons (Fsp3) is 0.714. The Labute approximate surface area is 77.7 Å². The van der Waals surface area contributed by atoms with Crippen molar-refractivity contribution in [2.24, 2.45) is 5.73 Å². The van der Waals surface area contributed by atoms with Crippen LogP contribution in [0.2, 0.25) is 0 Å². The molecule has 0 radical (unpaired) electrons. The lowest BCUT2D eigenvalue weighted by atomic mass is 10.5. The van der Waals surface area contributed by atoms with Gasteiger partial charge in [-0.3, -0.25) is 0 Å². The molecule has 3 N–H and O–H groups in total. The molecule has 6 nitrogen and oxygen atoms in total. The van der Waals surface area contributed by atoms with Crippen molar-refractivity contribution < 1.29 is 9.59 Å². The van der Waals surface area contributed by atoms with Crippen LogP contribution in [-0.4, -0.2) is 49.2 Å². The zero-order valence-electron chi connectivity index (χ0n) is 8.37. The number of nitrogens with two attached hydrogens (primary N) is 1. The van der Waals surface area contributed by atoms with Gasteiger partial charge in [-0.25, -0.2) is 14.5 Å². The van der Waals surface area contributed by atoms with Gasteiger partial charge in [-0.05, 0) is 6.92 Å². The number of nitrogens with one attached hydrogen (secondary N) is 1. The molecule has 0 rings (SSSR count). The molecule has 13 heavy (non-hydrogen) atoms. The minimum atomic E-state index is -0.461. The number of hydrogen-bond acceptors (Lipinski definition) is 3. The first kappa shape index (κ1) is 11.7. The lowest BCUT2D eigenvalue weighted by molar-refractivity contribution is 0.161. The molecule has 0 bridgehead atoms. The molecule has 0 spiro atoms. The number of nitrogens with zero attached hydrogens (tertiary/aromatic N) is 2. The second-order valence-electron chi connectivity index (χ2n) is 2.75. The number of carbonyl (C=O) groups excluding carboxylic acids is 2. The maximum Gasteiger partial charge on any atom is 0.328 e. The average Bonchev–Trinajstić information content (AvgIpc) is 2.12. The molecule has 0 fully saturated rings. The van der Waals surface area contributed by atoms with Crippen molar-refractivity contribution in [3.05, 3.63) is 0 Å². The van der Waals surface area contributed by atoms with Crippen LogP contribution in [0.3, 0.4) is 0 Å². The molecule has 6 heteroatoms. The van der Waals surface area contributed by atoms with E-state index >= 15 is 0 Å². The highest BCUT2D eigenvalue weighted by Crippen LogP contribution is 1.96. The van der Waals surface area contributed by atoms with Crippen molar-refractivity contribution in [1.82, 2.24) is 15.1 Å². The van der Waals surface area contributed by atoms with Crippen LogP contribution in [0, 0.1) is 0 Å². The van der Waals surface area contributed by atoms with Crippen molar-refractivity contribution in [3.63, 3.8) is 0 Å². The van der Waals surface area contributed by atoms with E-state index in [9.17, 15) is 9.59 Å². The first-order chi connectivity index (χ1) is 5.91. The third kappa shape index (κ3) is 2.90. The Morgan fingerprint density at radius 3 is 2.15 bits per heavy atom. The van der Waals surface area contributed by atoms with Gasteiger partial charge in [-0.2, -0.15) is 0 Å². The van der Waals surface area contributed by atoms with Crippen molar-refractivity contribution in [1.29, 1.82) is 0 Å². The zero-order chi connectivity index (χ0) is 10.6. The topological polar surface area (TPSA) is 78.7 Å². The van der Waals surface area contributed by atoms with Gasteiger partial charge in [0.2, 0.25) is 0 Å². The molecule has 0 heterocycles. The van der Waals surface area contributed by atoms with E-state index in [0.29, 0.717) is 0 Å². The molecular weight excluding hydrogens is 172 g/mol. The molecule has 1 atom stereocenters. The number of carbonyl (C=O) groups is 2. The molecule has 0 aliphatic rings. The van der Waals surface area contributed by atoms with E-state index < -0.39 is 18.2 Å². The fourth-order valence-corrected chi connectivity index (χ4v) is 0.665. The monoisotopic (exact) mass is 188 g/mol. The number of rotatable bonds is 1. The SMILES string of the molecule is CNC(=O)N(C)C(=O)N(C)C(C)N. The van der Waals surface area contributed by atoms with Gasteiger partial charge in [0.1, 0.15) is 0 Å². The molecular formula is C7H16N4O2. The largest absolute Gasteiger partial charge is 0.341 e. The van der Waals surface area contributed by atoms with Crippen molar-refractivity contribution in [3.8, 4) is 0 Å². The van der Waals surface area contributed by atoms with Crippen LogP contribution >= 0.6 is 0 Å². The van der Waals surface area contributed by atoms with Gasteiger partial charge in [0.25, 0.3) is 0 Å². The summed E-state index contributed by atoms with van der Waals surface area (Å²) in [5.41, 5.74) is 5.46. The van der Waals surface area contributed by atoms with E-state index in [0.717, 1.165) is 4.90 Å². The molecule has 0 aromatic rings. The van der Waals surface area contributed by atoms with Crippen molar-refractivity contribution in [2.45, 2.75) is 13.1 Å². The van der Waals surface area contributed by atoms with E-state index in [1.165, 1.54) is 26.0 Å². The molecule has 76 valence electrons. The number of hydrogen-bond donors (Lipinski definition) is 2. The summed E-state index contributed by atoms with van der Waals surface area (Å²) in [6.45, 7) is 1.66. The highest BCUT2D eigenvalue weighted by atomic mass is 16.2. The van der Waals surface area contributed by atoms with Crippen LogP contribution in [-0.2, 0) is 0 Å². The zero-order valence-corrected chi connectivity index (χ0v) is 8.37. The van der Waals surface area contributed by atoms with Gasteiger partial charge in [0.05, 0.1) is 6.17 Å². The van der Waals surface area contributed by atoms with E-state index in [1.54, 1.807) is 6.92 Å². The molecule has 1 unspecified atom stereocenters. The first-order valence-corrected chi connectivity index (χ1v) is 3.89. The van der Waals surface area contributed by atoms with E-state index in [1.807, 2.05) is 0 Å². The van der Waals surface area contributed by atoms with Gasteiger partial charge in [-0.15, -0.1) is 0 Å². The summed E-state index contributed by atoms with van der Waals surface area (Å²) in [4.78, 5) is 24.6. The summed E-state index contributed by atoms with van der Waals surface area (Å²) in [5, 5.41) is 2.34. The van der Waals surface area contributed by atoms with Gasteiger partial charge in [0, 0.05) is 21.1 Å². The van der Waals surface area contributed by atoms with Crippen molar-refractivity contribution >= 4 is 12.1 Å². The molecule has 0 saturated heterocycles. The quantitative estimate of drug-likeness (QED) is 0.550. The van der Waals surface area contributed by atoms with Crippen LogP contribution in [0.25, 0.3) is 0 Å². The summed E-state index contributed by atoms with van der Waals surface area (Å²) >= 11 is 0. The highest BCUT2D eigenvalue weighted by molar-refractivity contribution is 5.92. The van der Waals surface area contributed by atoms with E-state index in [2.05, 4.69) is 5.32 Å². The predicted octanol–water partition coefficient (Wildman–Crippen LogP) is -0.386. The lowest BCUT2D eigenvalue weighted by Gasteiger charge is -2.25. The molecule has 0 saturated carbocycles. The highest BCUT2D eigenvalue weighted by Gasteiger charge is 2.20. The molecule has 0 aliphatic carbocycles. The van der Waals surface area contributed by atoms with Crippen LogP contribution in [0.15, 0.2) is 0 Å². The van der Waals surface area contributed by atoms with Gasteiger partial charge >= 0.3 is 12.1 Å². The van der Waals surface area contributed by atoms with Crippen LogP contribution < -0.4 is 11.1 Å². The summed E-state index contributed by atoms with van der Waals surface area (Å²) in [7, 11) is 4.38. The molecule has 4 amide bonds. The maximum atomic E-state index is 11.4. The Morgan fingerprint density at radius 1 is 1.38 bits per heavy atom. The fourth-order valence-electron chi connectivity index (χ4n) is 0.665. The number of amides is 4. The van der Waals surface area contributed by atoms with Gasteiger partial charge in [0.15, 0.2) is 0 Å². The summed E-state index contributed by atoms with van der Waals surface area (Å²) in [6, 6.07) is -0.896. The Morgan fingerprint density at radius 2 is 1.85 bits per heavy atom. The summed E-state index contributed by atoms with van der Waals surface area (Å²) in [6.07, 6.45) is -0.417. The normalized spacial score (nSPS) is 11.8. The minimum Gasteiger partial charge on any atom is -0.341 e.